The first-order valence-corrected chi connectivity index (χ1v) is 7.07. The molecule has 0 fully saturated rings. The molecule has 21 heavy (non-hydrogen) atoms. The third-order valence-electron chi connectivity index (χ3n) is 3.67. The Balaban J connectivity index is 2.28. The van der Waals surface area contributed by atoms with E-state index in [9.17, 15) is 4.79 Å². The summed E-state index contributed by atoms with van der Waals surface area (Å²) in [6.07, 6.45) is 0. The van der Waals surface area contributed by atoms with E-state index in [0.29, 0.717) is 5.02 Å². The molecule has 0 unspecified atom stereocenters. The Morgan fingerprint density at radius 1 is 1.00 bits per heavy atom. The number of hydrogen-bond donors (Lipinski definition) is 0. The monoisotopic (exact) mass is 298 g/mol. The molecule has 0 aliphatic rings. The van der Waals surface area contributed by atoms with Gasteiger partial charge in [-0.15, -0.1) is 0 Å². The zero-order valence-corrected chi connectivity index (χ0v) is 12.6. The van der Waals surface area contributed by atoms with Gasteiger partial charge >= 0.3 is 0 Å². The highest BCUT2D eigenvalue weighted by atomic mass is 35.5. The van der Waals surface area contributed by atoms with Crippen LogP contribution in [0.5, 0.6) is 0 Å². The largest absolute Gasteiger partial charge is 0.285 e. The lowest BCUT2D eigenvalue weighted by molar-refractivity contribution is 0.630. The molecule has 0 radical (unpaired) electrons. The highest BCUT2D eigenvalue weighted by Gasteiger charge is 2.17. The van der Waals surface area contributed by atoms with Gasteiger partial charge in [0.2, 0.25) is 0 Å². The molecule has 0 aliphatic heterocycles. The summed E-state index contributed by atoms with van der Waals surface area (Å²) in [5.41, 5.74) is 3.30. The maximum atomic E-state index is 12.8. The van der Waals surface area contributed by atoms with Crippen LogP contribution in [0.3, 0.4) is 0 Å². The molecule has 0 amide bonds. The van der Waals surface area contributed by atoms with Gasteiger partial charge in [0, 0.05) is 17.8 Å². The van der Waals surface area contributed by atoms with Gasteiger partial charge in [0.25, 0.3) is 5.56 Å². The summed E-state index contributed by atoms with van der Waals surface area (Å²) < 4.78 is 3.50. The average Bonchev–Trinajstić information content (AvgIpc) is 2.70. The van der Waals surface area contributed by atoms with Crippen LogP contribution in [-0.4, -0.2) is 9.36 Å². The van der Waals surface area contributed by atoms with E-state index < -0.39 is 0 Å². The van der Waals surface area contributed by atoms with Crippen LogP contribution in [-0.2, 0) is 7.05 Å². The van der Waals surface area contributed by atoms with E-state index >= 15 is 0 Å². The number of hydrogen-bond acceptors (Lipinski definition) is 1. The molecule has 2 aromatic carbocycles. The van der Waals surface area contributed by atoms with Gasteiger partial charge < -0.3 is 0 Å². The molecule has 1 aromatic heterocycles. The quantitative estimate of drug-likeness (QED) is 0.707. The Morgan fingerprint density at radius 2 is 1.71 bits per heavy atom. The van der Waals surface area contributed by atoms with Crippen LogP contribution in [0.2, 0.25) is 5.02 Å². The average molecular weight is 299 g/mol. The fourth-order valence-electron chi connectivity index (χ4n) is 2.54. The molecule has 0 bridgehead atoms. The Kier molecular flexibility index (Phi) is 3.43. The highest BCUT2D eigenvalue weighted by Crippen LogP contribution is 2.22. The fraction of sp³-hybridized carbons (Fsp3) is 0.118. The molecule has 0 saturated heterocycles. The number of benzene rings is 2. The second-order valence-corrected chi connectivity index (χ2v) is 5.38. The van der Waals surface area contributed by atoms with Crippen molar-refractivity contribution in [2.75, 3.05) is 0 Å². The van der Waals surface area contributed by atoms with E-state index in [1.807, 2.05) is 61.1 Å². The molecular formula is C17H15ClN2O. The van der Waals surface area contributed by atoms with Crippen molar-refractivity contribution in [3.05, 3.63) is 75.7 Å². The fourth-order valence-corrected chi connectivity index (χ4v) is 2.73. The summed E-state index contributed by atoms with van der Waals surface area (Å²) in [5, 5.41) is 0.611. The highest BCUT2D eigenvalue weighted by molar-refractivity contribution is 6.30. The summed E-state index contributed by atoms with van der Waals surface area (Å²) in [6.45, 7) is 1.95. The van der Waals surface area contributed by atoms with E-state index in [4.69, 9.17) is 11.6 Å². The van der Waals surface area contributed by atoms with Crippen LogP contribution in [0.25, 0.3) is 16.8 Å². The van der Waals surface area contributed by atoms with Crippen molar-refractivity contribution in [2.24, 2.45) is 7.05 Å². The summed E-state index contributed by atoms with van der Waals surface area (Å²) in [6, 6.07) is 17.0. The van der Waals surface area contributed by atoms with Crippen LogP contribution in [0.15, 0.2) is 59.4 Å². The zero-order valence-electron chi connectivity index (χ0n) is 11.9. The van der Waals surface area contributed by atoms with Gasteiger partial charge in [0.15, 0.2) is 0 Å². The first-order chi connectivity index (χ1) is 10.1. The number of nitrogens with zero attached hydrogens (tertiary/aromatic N) is 2. The number of halogens is 1. The molecule has 3 nitrogen and oxygen atoms in total. The van der Waals surface area contributed by atoms with Crippen molar-refractivity contribution in [1.29, 1.82) is 0 Å². The van der Waals surface area contributed by atoms with Crippen molar-refractivity contribution < 1.29 is 0 Å². The molecule has 0 aliphatic carbocycles. The smallest absolute Gasteiger partial charge is 0.279 e. The summed E-state index contributed by atoms with van der Waals surface area (Å²) in [4.78, 5) is 12.8. The second-order valence-electron chi connectivity index (χ2n) is 4.95. The normalized spacial score (nSPS) is 10.8. The Hall–Kier alpha value is -2.26. The van der Waals surface area contributed by atoms with Gasteiger partial charge in [-0.1, -0.05) is 48.0 Å². The molecule has 0 N–H and O–H groups in total. The summed E-state index contributed by atoms with van der Waals surface area (Å²) in [5.74, 6) is 0. The lowest BCUT2D eigenvalue weighted by Gasteiger charge is -2.08. The molecule has 0 atom stereocenters. The van der Waals surface area contributed by atoms with Gasteiger partial charge in [0.05, 0.1) is 11.3 Å². The van der Waals surface area contributed by atoms with Gasteiger partial charge in [-0.25, -0.2) is 4.68 Å². The lowest BCUT2D eigenvalue weighted by atomic mass is 10.1. The van der Waals surface area contributed by atoms with Crippen LogP contribution in [0, 0.1) is 6.92 Å². The first-order valence-electron chi connectivity index (χ1n) is 6.69. The maximum absolute atomic E-state index is 12.8. The summed E-state index contributed by atoms with van der Waals surface area (Å²) in [7, 11) is 1.88. The van der Waals surface area contributed by atoms with Crippen molar-refractivity contribution >= 4 is 11.6 Å². The van der Waals surface area contributed by atoms with E-state index in [-0.39, 0.29) is 5.56 Å². The summed E-state index contributed by atoms with van der Waals surface area (Å²) >= 11 is 6.04. The van der Waals surface area contributed by atoms with Gasteiger partial charge in [-0.2, -0.15) is 0 Å². The SMILES string of the molecule is Cc1c(-c2ccccc2)c(=O)n(-c2cccc(Cl)c2)n1C. The van der Waals surface area contributed by atoms with Crippen LogP contribution < -0.4 is 5.56 Å². The Labute approximate surface area is 128 Å². The Morgan fingerprint density at radius 3 is 2.38 bits per heavy atom. The minimum Gasteiger partial charge on any atom is -0.285 e. The molecule has 0 saturated carbocycles. The van der Waals surface area contributed by atoms with Crippen molar-refractivity contribution in [2.45, 2.75) is 6.92 Å². The molecule has 106 valence electrons. The molecule has 1 heterocycles. The predicted octanol–water partition coefficient (Wildman–Crippen LogP) is 3.80. The standard InChI is InChI=1S/C17H15ClN2O/c1-12-16(13-7-4-3-5-8-13)17(21)20(19(12)2)15-10-6-9-14(18)11-15/h3-11H,1-2H3. The van der Waals surface area contributed by atoms with Gasteiger partial charge in [-0.3, -0.25) is 9.48 Å². The van der Waals surface area contributed by atoms with Crippen LogP contribution >= 0.6 is 11.6 Å². The molecular weight excluding hydrogens is 284 g/mol. The second kappa shape index (κ2) is 5.26. The Bertz CT molecular complexity index is 847. The van der Waals surface area contributed by atoms with E-state index in [1.165, 1.54) is 0 Å². The molecule has 0 spiro atoms. The zero-order chi connectivity index (χ0) is 15.0. The predicted molar refractivity (Wildman–Crippen MR) is 86.2 cm³/mol. The van der Waals surface area contributed by atoms with Crippen LogP contribution in [0.1, 0.15) is 5.69 Å². The lowest BCUT2D eigenvalue weighted by Crippen LogP contribution is -2.20. The van der Waals surface area contributed by atoms with Gasteiger partial charge in [-0.05, 0) is 30.7 Å². The third-order valence-corrected chi connectivity index (χ3v) is 3.90. The number of aromatic nitrogens is 2. The van der Waals surface area contributed by atoms with E-state index in [2.05, 4.69) is 0 Å². The topological polar surface area (TPSA) is 26.9 Å². The van der Waals surface area contributed by atoms with Crippen molar-refractivity contribution in [1.82, 2.24) is 9.36 Å². The molecule has 3 rings (SSSR count). The minimum atomic E-state index is -0.0385. The number of rotatable bonds is 2. The maximum Gasteiger partial charge on any atom is 0.279 e. The van der Waals surface area contributed by atoms with E-state index in [1.54, 1.807) is 16.8 Å². The van der Waals surface area contributed by atoms with Gasteiger partial charge in [0.1, 0.15) is 0 Å². The van der Waals surface area contributed by atoms with Crippen molar-refractivity contribution in [3.8, 4) is 16.8 Å². The minimum absolute atomic E-state index is 0.0385. The third kappa shape index (κ3) is 2.30. The van der Waals surface area contributed by atoms with Crippen LogP contribution in [0.4, 0.5) is 0 Å². The van der Waals surface area contributed by atoms with Crippen molar-refractivity contribution in [3.63, 3.8) is 0 Å². The van der Waals surface area contributed by atoms with E-state index in [0.717, 1.165) is 22.5 Å². The molecule has 3 aromatic rings. The molecule has 4 heteroatoms. The first kappa shape index (κ1) is 13.7.